The standard InChI is InChI=1S/C11H20N4O2/c1-9-10(14-8-15-11(9)17-3)13-5-4-12-6-7-16-2/h8,12H,4-7H2,1-3H3,(H,13,14,15). The summed E-state index contributed by atoms with van der Waals surface area (Å²) in [5, 5.41) is 6.47. The summed E-state index contributed by atoms with van der Waals surface area (Å²) in [7, 11) is 3.29. The zero-order chi connectivity index (χ0) is 12.5. The zero-order valence-electron chi connectivity index (χ0n) is 10.6. The van der Waals surface area contributed by atoms with Crippen molar-refractivity contribution >= 4 is 5.82 Å². The molecule has 0 aliphatic heterocycles. The number of anilines is 1. The third kappa shape index (κ3) is 4.54. The number of nitrogens with zero attached hydrogens (tertiary/aromatic N) is 2. The van der Waals surface area contributed by atoms with Crippen LogP contribution in [0.4, 0.5) is 5.82 Å². The van der Waals surface area contributed by atoms with Crippen LogP contribution in [0.5, 0.6) is 5.88 Å². The minimum absolute atomic E-state index is 0.606. The molecule has 0 aliphatic rings. The number of methoxy groups -OCH3 is 2. The molecule has 96 valence electrons. The van der Waals surface area contributed by atoms with Gasteiger partial charge in [0.2, 0.25) is 5.88 Å². The van der Waals surface area contributed by atoms with Crippen molar-refractivity contribution in [1.29, 1.82) is 0 Å². The van der Waals surface area contributed by atoms with Gasteiger partial charge in [-0.25, -0.2) is 9.97 Å². The molecule has 0 saturated carbocycles. The molecule has 0 fully saturated rings. The van der Waals surface area contributed by atoms with Gasteiger partial charge in [-0.2, -0.15) is 0 Å². The molecule has 0 spiro atoms. The summed E-state index contributed by atoms with van der Waals surface area (Å²) in [6.07, 6.45) is 1.49. The lowest BCUT2D eigenvalue weighted by atomic mass is 10.3. The van der Waals surface area contributed by atoms with Crippen LogP contribution in [0.15, 0.2) is 6.33 Å². The largest absolute Gasteiger partial charge is 0.481 e. The van der Waals surface area contributed by atoms with Crippen molar-refractivity contribution in [3.8, 4) is 5.88 Å². The van der Waals surface area contributed by atoms with Crippen LogP contribution in [-0.2, 0) is 4.74 Å². The Balaban J connectivity index is 2.31. The molecule has 1 aromatic heterocycles. The smallest absolute Gasteiger partial charge is 0.221 e. The topological polar surface area (TPSA) is 68.3 Å². The van der Waals surface area contributed by atoms with Crippen LogP contribution in [0.1, 0.15) is 5.56 Å². The molecule has 1 rings (SSSR count). The van der Waals surface area contributed by atoms with E-state index in [2.05, 4.69) is 20.6 Å². The molecule has 0 aromatic carbocycles. The Labute approximate surface area is 102 Å². The van der Waals surface area contributed by atoms with Gasteiger partial charge in [0, 0.05) is 26.7 Å². The summed E-state index contributed by atoms with van der Waals surface area (Å²) in [6, 6.07) is 0. The van der Waals surface area contributed by atoms with Gasteiger partial charge in [-0.05, 0) is 6.92 Å². The number of rotatable bonds is 8. The molecular weight excluding hydrogens is 220 g/mol. The van der Waals surface area contributed by atoms with Crippen LogP contribution in [0.2, 0.25) is 0 Å². The highest BCUT2D eigenvalue weighted by Crippen LogP contribution is 2.18. The summed E-state index contributed by atoms with van der Waals surface area (Å²) >= 11 is 0. The fourth-order valence-corrected chi connectivity index (χ4v) is 1.39. The van der Waals surface area contributed by atoms with E-state index in [0.29, 0.717) is 5.88 Å². The van der Waals surface area contributed by atoms with Gasteiger partial charge in [-0.1, -0.05) is 0 Å². The van der Waals surface area contributed by atoms with Gasteiger partial charge in [-0.3, -0.25) is 0 Å². The van der Waals surface area contributed by atoms with Crippen molar-refractivity contribution in [2.24, 2.45) is 0 Å². The molecule has 0 radical (unpaired) electrons. The third-order valence-corrected chi connectivity index (χ3v) is 2.31. The van der Waals surface area contributed by atoms with Crippen LogP contribution in [0, 0.1) is 6.92 Å². The van der Waals surface area contributed by atoms with Crippen molar-refractivity contribution < 1.29 is 9.47 Å². The fourth-order valence-electron chi connectivity index (χ4n) is 1.39. The maximum Gasteiger partial charge on any atom is 0.221 e. The molecule has 17 heavy (non-hydrogen) atoms. The van der Waals surface area contributed by atoms with Gasteiger partial charge in [0.1, 0.15) is 12.1 Å². The molecule has 2 N–H and O–H groups in total. The van der Waals surface area contributed by atoms with E-state index < -0.39 is 0 Å². The number of aromatic nitrogens is 2. The number of hydrogen-bond donors (Lipinski definition) is 2. The minimum atomic E-state index is 0.606. The molecule has 0 saturated heterocycles. The van der Waals surface area contributed by atoms with E-state index in [-0.39, 0.29) is 0 Å². The van der Waals surface area contributed by atoms with Crippen molar-refractivity contribution in [1.82, 2.24) is 15.3 Å². The van der Waals surface area contributed by atoms with Crippen molar-refractivity contribution in [3.05, 3.63) is 11.9 Å². The van der Waals surface area contributed by atoms with Gasteiger partial charge in [0.15, 0.2) is 0 Å². The average molecular weight is 240 g/mol. The second kappa shape index (κ2) is 7.81. The summed E-state index contributed by atoms with van der Waals surface area (Å²) in [4.78, 5) is 8.19. The van der Waals surface area contributed by atoms with Crippen molar-refractivity contribution in [2.75, 3.05) is 45.8 Å². The normalized spacial score (nSPS) is 10.3. The summed E-state index contributed by atoms with van der Waals surface area (Å²) < 4.78 is 10.1. The molecule has 6 heteroatoms. The molecule has 0 bridgehead atoms. The van der Waals surface area contributed by atoms with Gasteiger partial charge in [0.05, 0.1) is 19.3 Å². The highest BCUT2D eigenvalue weighted by atomic mass is 16.5. The average Bonchev–Trinajstić information content (AvgIpc) is 2.35. The lowest BCUT2D eigenvalue weighted by Crippen LogP contribution is -2.25. The highest BCUT2D eigenvalue weighted by Gasteiger charge is 2.05. The SMILES string of the molecule is COCCNCCNc1ncnc(OC)c1C. The van der Waals surface area contributed by atoms with Gasteiger partial charge < -0.3 is 20.1 Å². The second-order valence-corrected chi connectivity index (χ2v) is 3.53. The first-order valence-electron chi connectivity index (χ1n) is 5.58. The van der Waals surface area contributed by atoms with Gasteiger partial charge in [-0.15, -0.1) is 0 Å². The lowest BCUT2D eigenvalue weighted by molar-refractivity contribution is 0.200. The van der Waals surface area contributed by atoms with E-state index in [9.17, 15) is 0 Å². The van der Waals surface area contributed by atoms with Crippen molar-refractivity contribution in [2.45, 2.75) is 6.92 Å². The van der Waals surface area contributed by atoms with Gasteiger partial charge in [0.25, 0.3) is 0 Å². The third-order valence-electron chi connectivity index (χ3n) is 2.31. The quantitative estimate of drug-likeness (QED) is 0.643. The summed E-state index contributed by atoms with van der Waals surface area (Å²) in [5.41, 5.74) is 0.923. The number of nitrogens with one attached hydrogen (secondary N) is 2. The minimum Gasteiger partial charge on any atom is -0.481 e. The molecule has 6 nitrogen and oxygen atoms in total. The monoisotopic (exact) mass is 240 g/mol. The Bertz CT molecular complexity index is 333. The zero-order valence-corrected chi connectivity index (χ0v) is 10.6. The van der Waals surface area contributed by atoms with Crippen LogP contribution in [0.3, 0.4) is 0 Å². The van der Waals surface area contributed by atoms with Crippen LogP contribution >= 0.6 is 0 Å². The van der Waals surface area contributed by atoms with Crippen LogP contribution in [-0.4, -0.2) is 50.4 Å². The Hall–Kier alpha value is -1.40. The molecule has 1 aromatic rings. The first kappa shape index (κ1) is 13.7. The Kier molecular flexibility index (Phi) is 6.27. The second-order valence-electron chi connectivity index (χ2n) is 3.53. The molecular formula is C11H20N4O2. The van der Waals surface area contributed by atoms with Crippen LogP contribution < -0.4 is 15.4 Å². The van der Waals surface area contributed by atoms with E-state index in [1.165, 1.54) is 6.33 Å². The van der Waals surface area contributed by atoms with E-state index in [1.54, 1.807) is 14.2 Å². The molecule has 0 atom stereocenters. The predicted molar refractivity (Wildman–Crippen MR) is 66.6 cm³/mol. The first-order valence-corrected chi connectivity index (χ1v) is 5.58. The first-order chi connectivity index (χ1) is 8.29. The van der Waals surface area contributed by atoms with E-state index >= 15 is 0 Å². The molecule has 0 aliphatic carbocycles. The van der Waals surface area contributed by atoms with Crippen molar-refractivity contribution in [3.63, 3.8) is 0 Å². The number of hydrogen-bond acceptors (Lipinski definition) is 6. The number of ether oxygens (including phenoxy) is 2. The van der Waals surface area contributed by atoms with E-state index in [4.69, 9.17) is 9.47 Å². The maximum absolute atomic E-state index is 5.12. The highest BCUT2D eigenvalue weighted by molar-refractivity contribution is 5.47. The van der Waals surface area contributed by atoms with Crippen LogP contribution in [0.25, 0.3) is 0 Å². The molecule has 0 unspecified atom stereocenters. The maximum atomic E-state index is 5.12. The fraction of sp³-hybridized carbons (Fsp3) is 0.636. The molecule has 1 heterocycles. The van der Waals surface area contributed by atoms with Gasteiger partial charge >= 0.3 is 0 Å². The Morgan fingerprint density at radius 2 is 2.00 bits per heavy atom. The summed E-state index contributed by atoms with van der Waals surface area (Å²) in [6.45, 7) is 5.16. The predicted octanol–water partition coefficient (Wildman–Crippen LogP) is 0.442. The Morgan fingerprint density at radius 1 is 1.18 bits per heavy atom. The van der Waals surface area contributed by atoms with E-state index in [1.807, 2.05) is 6.92 Å². The lowest BCUT2D eigenvalue weighted by Gasteiger charge is -2.10. The molecule has 0 amide bonds. The van der Waals surface area contributed by atoms with E-state index in [0.717, 1.165) is 37.6 Å². The Morgan fingerprint density at radius 3 is 2.71 bits per heavy atom. The summed E-state index contributed by atoms with van der Waals surface area (Å²) in [5.74, 6) is 1.42.